The molecule has 0 amide bonds. The van der Waals surface area contributed by atoms with Crippen LogP contribution in [0, 0.1) is 13.8 Å². The molecule has 0 aliphatic heterocycles. The van der Waals surface area contributed by atoms with Crippen LogP contribution in [0.2, 0.25) is 20.1 Å². The maximum Gasteiger partial charge on any atom is 0.157 e. The zero-order valence-electron chi connectivity index (χ0n) is 26.5. The average Bonchev–Trinajstić information content (AvgIpc) is 3.10. The molecule has 250 valence electrons. The molecular weight excluding hydrogens is 706 g/mol. The fraction of sp³-hybridized carbons (Fsp3) is 0.143. The van der Waals surface area contributed by atoms with Crippen LogP contribution in [0.5, 0.6) is 11.5 Å². The zero-order chi connectivity index (χ0) is 34.9. The Labute approximate surface area is 303 Å². The van der Waals surface area contributed by atoms with Crippen molar-refractivity contribution in [1.29, 1.82) is 0 Å². The lowest BCUT2D eigenvalue weighted by molar-refractivity contribution is 0.415. The number of aryl methyl sites for hydroxylation is 2. The number of benzene rings is 4. The topological polar surface area (TPSA) is 131 Å². The molecular formula is C35H30Cl4N8O2. The number of hydrogen-bond acceptors (Lipinski definition) is 10. The van der Waals surface area contributed by atoms with Gasteiger partial charge in [-0.15, -0.1) is 20.4 Å². The van der Waals surface area contributed by atoms with Gasteiger partial charge in [0.15, 0.2) is 11.6 Å². The lowest BCUT2D eigenvalue weighted by Gasteiger charge is -2.13. The molecule has 2 aromatic heterocycles. The molecule has 49 heavy (non-hydrogen) atoms. The average molecular weight is 736 g/mol. The van der Waals surface area contributed by atoms with Gasteiger partial charge in [0, 0.05) is 36.3 Å². The van der Waals surface area contributed by atoms with Gasteiger partial charge >= 0.3 is 0 Å². The van der Waals surface area contributed by atoms with E-state index in [-0.39, 0.29) is 15.8 Å². The first-order valence-corrected chi connectivity index (χ1v) is 16.3. The van der Waals surface area contributed by atoms with Crippen molar-refractivity contribution >= 4 is 58.0 Å². The number of phenols is 1. The highest BCUT2D eigenvalue weighted by atomic mass is 35.5. The third kappa shape index (κ3) is 9.24. The summed E-state index contributed by atoms with van der Waals surface area (Å²) in [6.07, 6.45) is 0. The number of rotatable bonds is 9. The van der Waals surface area contributed by atoms with Crippen molar-refractivity contribution in [1.82, 2.24) is 30.4 Å². The molecule has 6 rings (SSSR count). The van der Waals surface area contributed by atoms with Crippen LogP contribution in [0.1, 0.15) is 22.8 Å². The Bertz CT molecular complexity index is 2050. The number of aromatic nitrogens is 6. The van der Waals surface area contributed by atoms with Gasteiger partial charge in [-0.05, 0) is 37.1 Å². The SMILES string of the molecule is COc1cc(Cl)c(Cl)c(-c2nnc(C)nc2NCc2ccccc2)c1.Cc1nnc(-c2cc(O)cc(Cl)c2Cl)c(NCc2ccccc2)n1. The first-order valence-electron chi connectivity index (χ1n) is 14.8. The van der Waals surface area contributed by atoms with Gasteiger partial charge in [0.25, 0.3) is 0 Å². The van der Waals surface area contributed by atoms with Crippen LogP contribution in [-0.4, -0.2) is 42.6 Å². The van der Waals surface area contributed by atoms with Gasteiger partial charge in [-0.1, -0.05) is 107 Å². The molecule has 10 nitrogen and oxygen atoms in total. The Morgan fingerprint density at radius 2 is 1.06 bits per heavy atom. The predicted molar refractivity (Wildman–Crippen MR) is 196 cm³/mol. The van der Waals surface area contributed by atoms with E-state index in [1.165, 1.54) is 12.1 Å². The van der Waals surface area contributed by atoms with E-state index in [2.05, 4.69) is 41.0 Å². The van der Waals surface area contributed by atoms with Gasteiger partial charge in [0.05, 0.1) is 27.2 Å². The number of ether oxygens (including phenoxy) is 1. The van der Waals surface area contributed by atoms with Gasteiger partial charge in [0.1, 0.15) is 34.5 Å². The molecule has 2 heterocycles. The fourth-order valence-electron chi connectivity index (χ4n) is 4.59. The van der Waals surface area contributed by atoms with Gasteiger partial charge in [-0.2, -0.15) is 0 Å². The standard InChI is InChI=1S/C18H16Cl2N4O.C17H14Cl2N4O/c1-11-22-18(21-10-12-6-4-3-5-7-12)17(24-23-11)14-8-13(25-2)9-15(19)16(14)20;1-10-21-17(20-9-11-5-3-2-4-6-11)16(23-22-10)13-7-12(24)8-14(18)15(13)19/h3-9H,10H2,1-2H3,(H,21,22,23);2-8,24H,9H2,1H3,(H,20,21,22). The Kier molecular flexibility index (Phi) is 12.0. The molecule has 0 saturated heterocycles. The van der Waals surface area contributed by atoms with Crippen LogP contribution in [0.4, 0.5) is 11.6 Å². The molecule has 0 spiro atoms. The van der Waals surface area contributed by atoms with E-state index in [0.29, 0.717) is 74.7 Å². The number of hydrogen-bond donors (Lipinski definition) is 3. The maximum absolute atomic E-state index is 9.80. The summed E-state index contributed by atoms with van der Waals surface area (Å²) >= 11 is 24.9. The molecule has 0 fully saturated rings. The van der Waals surface area contributed by atoms with Crippen LogP contribution in [0.25, 0.3) is 22.5 Å². The Balaban J connectivity index is 0.000000191. The summed E-state index contributed by atoms with van der Waals surface area (Å²) in [5.74, 6) is 2.77. The lowest BCUT2D eigenvalue weighted by atomic mass is 10.1. The van der Waals surface area contributed by atoms with E-state index in [0.717, 1.165) is 11.1 Å². The van der Waals surface area contributed by atoms with E-state index in [1.807, 2.05) is 60.7 Å². The third-order valence-corrected chi connectivity index (χ3v) is 8.56. The summed E-state index contributed by atoms with van der Waals surface area (Å²) in [7, 11) is 1.57. The quantitative estimate of drug-likeness (QED) is 0.132. The van der Waals surface area contributed by atoms with Gasteiger partial charge in [-0.3, -0.25) is 0 Å². The van der Waals surface area contributed by atoms with Crippen molar-refractivity contribution < 1.29 is 9.84 Å². The Hall–Kier alpha value is -4.74. The summed E-state index contributed by atoms with van der Waals surface area (Å²) in [4.78, 5) is 8.86. The highest BCUT2D eigenvalue weighted by Gasteiger charge is 2.18. The van der Waals surface area contributed by atoms with E-state index in [4.69, 9.17) is 51.1 Å². The first kappa shape index (κ1) is 35.6. The monoisotopic (exact) mass is 734 g/mol. The van der Waals surface area contributed by atoms with Crippen LogP contribution < -0.4 is 15.4 Å². The summed E-state index contributed by atoms with van der Waals surface area (Å²) in [6, 6.07) is 26.2. The van der Waals surface area contributed by atoms with Crippen LogP contribution in [0.15, 0.2) is 84.9 Å². The summed E-state index contributed by atoms with van der Waals surface area (Å²) in [5, 5.41) is 34.1. The lowest BCUT2D eigenvalue weighted by Crippen LogP contribution is -2.07. The highest BCUT2D eigenvalue weighted by Crippen LogP contribution is 2.39. The van der Waals surface area contributed by atoms with E-state index in [1.54, 1.807) is 33.1 Å². The van der Waals surface area contributed by atoms with Crippen LogP contribution in [-0.2, 0) is 13.1 Å². The van der Waals surface area contributed by atoms with Crippen molar-refractivity contribution in [2.45, 2.75) is 26.9 Å². The number of nitrogens with one attached hydrogen (secondary N) is 2. The van der Waals surface area contributed by atoms with Crippen molar-refractivity contribution in [2.75, 3.05) is 17.7 Å². The minimum Gasteiger partial charge on any atom is -0.508 e. The smallest absolute Gasteiger partial charge is 0.157 e. The normalized spacial score (nSPS) is 10.6. The number of anilines is 2. The van der Waals surface area contributed by atoms with Gasteiger partial charge in [0.2, 0.25) is 0 Å². The number of methoxy groups -OCH3 is 1. The molecule has 0 aliphatic rings. The molecule has 14 heteroatoms. The predicted octanol–water partition coefficient (Wildman–Crippen LogP) is 9.25. The summed E-state index contributed by atoms with van der Waals surface area (Å²) in [6.45, 7) is 4.70. The minimum absolute atomic E-state index is 0.00390. The van der Waals surface area contributed by atoms with E-state index in [9.17, 15) is 5.11 Å². The van der Waals surface area contributed by atoms with Crippen LogP contribution in [0.3, 0.4) is 0 Å². The number of phenolic OH excluding ortho intramolecular Hbond substituents is 1. The molecule has 0 atom stereocenters. The van der Waals surface area contributed by atoms with E-state index < -0.39 is 0 Å². The first-order chi connectivity index (χ1) is 23.6. The second kappa shape index (κ2) is 16.6. The van der Waals surface area contributed by atoms with Gasteiger partial charge in [-0.25, -0.2) is 9.97 Å². The Morgan fingerprint density at radius 1 is 0.612 bits per heavy atom. The van der Waals surface area contributed by atoms with Crippen molar-refractivity contribution in [3.05, 3.63) is 128 Å². The number of halogens is 4. The highest BCUT2D eigenvalue weighted by molar-refractivity contribution is 6.44. The van der Waals surface area contributed by atoms with Crippen LogP contribution >= 0.6 is 46.4 Å². The van der Waals surface area contributed by atoms with Gasteiger partial charge < -0.3 is 20.5 Å². The third-order valence-electron chi connectivity index (χ3n) is 6.95. The fourth-order valence-corrected chi connectivity index (χ4v) is 5.41. The number of nitrogens with zero attached hydrogens (tertiary/aromatic N) is 6. The van der Waals surface area contributed by atoms with Crippen molar-refractivity contribution in [2.24, 2.45) is 0 Å². The molecule has 0 aliphatic carbocycles. The molecule has 0 unspecified atom stereocenters. The Morgan fingerprint density at radius 3 is 1.53 bits per heavy atom. The minimum atomic E-state index is -0.00390. The largest absolute Gasteiger partial charge is 0.508 e. The number of aromatic hydroxyl groups is 1. The second-order valence-corrected chi connectivity index (χ2v) is 12.1. The maximum atomic E-state index is 9.80. The second-order valence-electron chi connectivity index (χ2n) is 10.6. The zero-order valence-corrected chi connectivity index (χ0v) is 29.6. The van der Waals surface area contributed by atoms with Crippen molar-refractivity contribution in [3.8, 4) is 34.0 Å². The molecule has 4 aromatic carbocycles. The molecule has 6 aromatic rings. The summed E-state index contributed by atoms with van der Waals surface area (Å²) in [5.41, 5.74) is 4.25. The molecule has 0 bridgehead atoms. The van der Waals surface area contributed by atoms with Crippen molar-refractivity contribution in [3.63, 3.8) is 0 Å². The summed E-state index contributed by atoms with van der Waals surface area (Å²) < 4.78 is 5.27. The molecule has 0 radical (unpaired) electrons. The molecule has 0 saturated carbocycles. The van der Waals surface area contributed by atoms with E-state index >= 15 is 0 Å². The molecule has 3 N–H and O–H groups in total.